The molecular weight excluding hydrogens is 398 g/mol. The summed E-state index contributed by atoms with van der Waals surface area (Å²) < 4.78 is 6.21. The lowest BCUT2D eigenvalue weighted by molar-refractivity contribution is 0.0940. The van der Waals surface area contributed by atoms with Crippen LogP contribution in [-0.4, -0.2) is 67.1 Å². The Kier molecular flexibility index (Phi) is 8.18. The monoisotopic (exact) mass is 435 g/mol. The zero-order valence-corrected chi connectivity index (χ0v) is 19.3. The van der Waals surface area contributed by atoms with Crippen molar-refractivity contribution < 1.29 is 9.53 Å². The Morgan fingerprint density at radius 2 is 1.75 bits per heavy atom. The van der Waals surface area contributed by atoms with E-state index in [9.17, 15) is 4.79 Å². The number of likely N-dealkylation sites (N-methyl/N-ethyl adjacent to an activating group) is 1. The molecule has 0 spiro atoms. The minimum absolute atomic E-state index is 0.00577. The largest absolute Gasteiger partial charge is 0.490 e. The Morgan fingerprint density at radius 1 is 1.00 bits per heavy atom. The molecule has 5 heteroatoms. The minimum Gasteiger partial charge on any atom is -0.490 e. The average molecular weight is 436 g/mol. The molecule has 0 aliphatic carbocycles. The van der Waals surface area contributed by atoms with Crippen LogP contribution < -0.4 is 10.1 Å². The number of benzene rings is 2. The first kappa shape index (κ1) is 22.8. The lowest BCUT2D eigenvalue weighted by Crippen LogP contribution is -2.40. The zero-order valence-electron chi connectivity index (χ0n) is 19.3. The van der Waals surface area contributed by atoms with Crippen molar-refractivity contribution in [1.29, 1.82) is 0 Å². The maximum Gasteiger partial charge on any atom is 0.251 e. The van der Waals surface area contributed by atoms with Gasteiger partial charge in [-0.2, -0.15) is 0 Å². The molecule has 0 radical (unpaired) electrons. The second-order valence-corrected chi connectivity index (χ2v) is 9.05. The number of rotatable bonds is 9. The van der Waals surface area contributed by atoms with Crippen molar-refractivity contribution >= 4 is 5.91 Å². The maximum atomic E-state index is 12.5. The highest BCUT2D eigenvalue weighted by molar-refractivity contribution is 5.94. The van der Waals surface area contributed by atoms with E-state index in [0.29, 0.717) is 11.6 Å². The summed E-state index contributed by atoms with van der Waals surface area (Å²) in [6.07, 6.45) is 5.86. The van der Waals surface area contributed by atoms with Crippen molar-refractivity contribution in [2.24, 2.45) is 0 Å². The highest BCUT2D eigenvalue weighted by atomic mass is 16.5. The molecule has 2 fully saturated rings. The molecule has 2 heterocycles. The number of amides is 1. The SMILES string of the molecule is CCN1CCCC1CNC(=O)c1ccc(OC2CCN(CCc3ccccc3)CC2)cc1. The van der Waals surface area contributed by atoms with Crippen LogP contribution in [0.3, 0.4) is 0 Å². The molecule has 1 unspecified atom stereocenters. The molecule has 0 saturated carbocycles. The van der Waals surface area contributed by atoms with Gasteiger partial charge in [-0.15, -0.1) is 0 Å². The van der Waals surface area contributed by atoms with E-state index in [1.165, 1.54) is 18.4 Å². The lowest BCUT2D eigenvalue weighted by atomic mass is 10.1. The van der Waals surface area contributed by atoms with Crippen LogP contribution in [0.4, 0.5) is 0 Å². The molecule has 1 amide bonds. The molecule has 2 aliphatic heterocycles. The van der Waals surface area contributed by atoms with Crippen molar-refractivity contribution in [3.8, 4) is 5.75 Å². The molecule has 4 rings (SSSR count). The number of hydrogen-bond acceptors (Lipinski definition) is 4. The molecule has 2 aromatic carbocycles. The molecule has 2 aliphatic rings. The van der Waals surface area contributed by atoms with E-state index in [1.54, 1.807) is 0 Å². The van der Waals surface area contributed by atoms with Gasteiger partial charge in [0.05, 0.1) is 0 Å². The maximum absolute atomic E-state index is 12.5. The van der Waals surface area contributed by atoms with Gasteiger partial charge < -0.3 is 15.0 Å². The summed E-state index contributed by atoms with van der Waals surface area (Å²) in [4.78, 5) is 17.5. The minimum atomic E-state index is 0.00577. The predicted octanol–water partition coefficient (Wildman–Crippen LogP) is 3.99. The van der Waals surface area contributed by atoms with Crippen LogP contribution in [0.2, 0.25) is 0 Å². The summed E-state index contributed by atoms with van der Waals surface area (Å²) in [6.45, 7) is 8.38. The highest BCUT2D eigenvalue weighted by Gasteiger charge is 2.23. The van der Waals surface area contributed by atoms with Crippen molar-refractivity contribution in [1.82, 2.24) is 15.1 Å². The van der Waals surface area contributed by atoms with E-state index in [1.807, 2.05) is 24.3 Å². The number of piperidine rings is 1. The molecule has 32 heavy (non-hydrogen) atoms. The second-order valence-electron chi connectivity index (χ2n) is 9.05. The van der Waals surface area contributed by atoms with Crippen LogP contribution in [0.15, 0.2) is 54.6 Å². The van der Waals surface area contributed by atoms with Crippen LogP contribution in [-0.2, 0) is 6.42 Å². The first-order chi connectivity index (χ1) is 15.7. The Labute approximate surface area is 192 Å². The normalized spacial score (nSPS) is 20.3. The van der Waals surface area contributed by atoms with Crippen LogP contribution in [0.25, 0.3) is 0 Å². The third-order valence-electron chi connectivity index (χ3n) is 6.92. The van der Waals surface area contributed by atoms with Gasteiger partial charge in [0.1, 0.15) is 11.9 Å². The van der Waals surface area contributed by atoms with Gasteiger partial charge in [0.2, 0.25) is 0 Å². The smallest absolute Gasteiger partial charge is 0.251 e. The molecule has 5 nitrogen and oxygen atoms in total. The summed E-state index contributed by atoms with van der Waals surface area (Å²) in [7, 11) is 0. The number of hydrogen-bond donors (Lipinski definition) is 1. The van der Waals surface area contributed by atoms with E-state index >= 15 is 0 Å². The molecule has 2 saturated heterocycles. The van der Waals surface area contributed by atoms with Gasteiger partial charge in [-0.05, 0) is 75.0 Å². The quantitative estimate of drug-likeness (QED) is 0.647. The topological polar surface area (TPSA) is 44.8 Å². The van der Waals surface area contributed by atoms with E-state index in [-0.39, 0.29) is 12.0 Å². The van der Waals surface area contributed by atoms with E-state index in [2.05, 4.69) is 52.4 Å². The molecule has 172 valence electrons. The molecule has 0 bridgehead atoms. The number of nitrogens with zero attached hydrogens (tertiary/aromatic N) is 2. The van der Waals surface area contributed by atoms with Crippen molar-refractivity contribution in [3.63, 3.8) is 0 Å². The summed E-state index contributed by atoms with van der Waals surface area (Å²) in [5, 5.41) is 3.11. The Morgan fingerprint density at radius 3 is 2.47 bits per heavy atom. The molecule has 0 aromatic heterocycles. The van der Waals surface area contributed by atoms with Gasteiger partial charge in [-0.1, -0.05) is 37.3 Å². The fourth-order valence-corrected chi connectivity index (χ4v) is 4.92. The van der Waals surface area contributed by atoms with Crippen molar-refractivity contribution in [2.75, 3.05) is 39.3 Å². The lowest BCUT2D eigenvalue weighted by Gasteiger charge is -2.32. The predicted molar refractivity (Wildman–Crippen MR) is 129 cm³/mol. The third kappa shape index (κ3) is 6.33. The average Bonchev–Trinajstić information content (AvgIpc) is 3.31. The van der Waals surface area contributed by atoms with Gasteiger partial charge in [0.25, 0.3) is 5.91 Å². The van der Waals surface area contributed by atoms with Gasteiger partial charge in [-0.3, -0.25) is 9.69 Å². The first-order valence-electron chi connectivity index (χ1n) is 12.3. The van der Waals surface area contributed by atoms with Gasteiger partial charge in [0.15, 0.2) is 0 Å². The van der Waals surface area contributed by atoms with Gasteiger partial charge in [-0.25, -0.2) is 0 Å². The highest BCUT2D eigenvalue weighted by Crippen LogP contribution is 2.20. The third-order valence-corrected chi connectivity index (χ3v) is 6.92. The molecular formula is C27H37N3O2. The number of likely N-dealkylation sites (tertiary alicyclic amines) is 2. The number of ether oxygens (including phenoxy) is 1. The van der Waals surface area contributed by atoms with Gasteiger partial charge in [0, 0.05) is 37.8 Å². The van der Waals surface area contributed by atoms with Crippen LogP contribution >= 0.6 is 0 Å². The van der Waals surface area contributed by atoms with Crippen LogP contribution in [0.5, 0.6) is 5.75 Å². The van der Waals surface area contributed by atoms with Crippen LogP contribution in [0.1, 0.15) is 48.5 Å². The Balaban J connectivity index is 1.17. The summed E-state index contributed by atoms with van der Waals surface area (Å²) in [5.41, 5.74) is 2.11. The summed E-state index contributed by atoms with van der Waals surface area (Å²) in [5.74, 6) is 0.864. The fraction of sp³-hybridized carbons (Fsp3) is 0.519. The van der Waals surface area contributed by atoms with E-state index in [0.717, 1.165) is 64.3 Å². The summed E-state index contributed by atoms with van der Waals surface area (Å²) >= 11 is 0. The van der Waals surface area contributed by atoms with Crippen LogP contribution in [0, 0.1) is 0 Å². The Bertz CT molecular complexity index is 832. The fourth-order valence-electron chi connectivity index (χ4n) is 4.92. The van der Waals surface area contributed by atoms with Crippen molar-refractivity contribution in [3.05, 3.63) is 65.7 Å². The zero-order chi connectivity index (χ0) is 22.2. The Hall–Kier alpha value is -2.37. The summed E-state index contributed by atoms with van der Waals surface area (Å²) in [6, 6.07) is 18.8. The first-order valence-corrected chi connectivity index (χ1v) is 12.3. The van der Waals surface area contributed by atoms with E-state index < -0.39 is 0 Å². The number of carbonyl (C=O) groups is 1. The number of nitrogens with one attached hydrogen (secondary N) is 1. The molecule has 1 atom stereocenters. The second kappa shape index (κ2) is 11.5. The van der Waals surface area contributed by atoms with Crippen molar-refractivity contribution in [2.45, 2.75) is 51.2 Å². The molecule has 2 aromatic rings. The van der Waals surface area contributed by atoms with E-state index in [4.69, 9.17) is 4.74 Å². The standard InChI is InChI=1S/C27H37N3O2/c1-2-30-17-6-9-24(30)21-28-27(31)23-10-12-25(13-11-23)32-26-15-19-29(20-16-26)18-14-22-7-4-3-5-8-22/h3-5,7-8,10-13,24,26H,2,6,9,14-21H2,1H3,(H,28,31). The van der Waals surface area contributed by atoms with Gasteiger partial charge >= 0.3 is 0 Å². The molecule has 1 N–H and O–H groups in total. The number of carbonyl (C=O) groups excluding carboxylic acids is 1.